The topological polar surface area (TPSA) is 95.9 Å². The first kappa shape index (κ1) is 17.3. The van der Waals surface area contributed by atoms with Crippen LogP contribution in [0.1, 0.15) is 27.3 Å². The number of hydrogen-bond donors (Lipinski definition) is 2. The van der Waals surface area contributed by atoms with E-state index in [9.17, 15) is 9.59 Å². The van der Waals surface area contributed by atoms with Crippen molar-refractivity contribution in [3.8, 4) is 11.3 Å². The third-order valence-corrected chi connectivity index (χ3v) is 4.84. The van der Waals surface area contributed by atoms with Crippen LogP contribution in [0.4, 0.5) is 5.82 Å². The highest BCUT2D eigenvalue weighted by atomic mass is 35.5. The Morgan fingerprint density at radius 1 is 1.26 bits per heavy atom. The summed E-state index contributed by atoms with van der Waals surface area (Å²) in [6.07, 6.45) is 2.40. The Morgan fingerprint density at radius 2 is 2.04 bits per heavy atom. The zero-order valence-corrected chi connectivity index (χ0v) is 15.3. The first-order chi connectivity index (χ1) is 13.0. The van der Waals surface area contributed by atoms with Crippen LogP contribution in [0, 0.1) is 0 Å². The van der Waals surface area contributed by atoms with Gasteiger partial charge in [0.05, 0.1) is 17.5 Å². The van der Waals surface area contributed by atoms with Gasteiger partial charge in [0.1, 0.15) is 5.69 Å². The lowest BCUT2D eigenvalue weighted by Crippen LogP contribution is -2.42. The lowest BCUT2D eigenvalue weighted by molar-refractivity contribution is 0.0648. The molecule has 9 heteroatoms. The van der Waals surface area contributed by atoms with Crippen LogP contribution in [-0.2, 0) is 7.05 Å². The van der Waals surface area contributed by atoms with Crippen LogP contribution >= 0.6 is 11.6 Å². The van der Waals surface area contributed by atoms with Crippen LogP contribution in [-0.4, -0.2) is 49.8 Å². The third-order valence-electron chi connectivity index (χ3n) is 4.51. The number of likely N-dealkylation sites (tertiary alicyclic amines) is 1. The summed E-state index contributed by atoms with van der Waals surface area (Å²) in [6, 6.07) is 9.02. The molecule has 0 spiro atoms. The molecular weight excluding hydrogens is 368 g/mol. The van der Waals surface area contributed by atoms with E-state index in [1.807, 2.05) is 18.2 Å². The number of benzene rings is 1. The van der Waals surface area contributed by atoms with Gasteiger partial charge in [-0.2, -0.15) is 10.2 Å². The van der Waals surface area contributed by atoms with Crippen molar-refractivity contribution in [1.82, 2.24) is 24.9 Å². The van der Waals surface area contributed by atoms with E-state index < -0.39 is 5.91 Å². The molecule has 3 heterocycles. The Bertz CT molecular complexity index is 1020. The van der Waals surface area contributed by atoms with E-state index in [0.717, 1.165) is 12.0 Å². The molecule has 0 bridgehead atoms. The number of amides is 2. The summed E-state index contributed by atoms with van der Waals surface area (Å²) < 4.78 is 1.39. The molecule has 1 saturated heterocycles. The van der Waals surface area contributed by atoms with Crippen molar-refractivity contribution in [3.63, 3.8) is 0 Å². The number of nitrogens with zero attached hydrogens (tertiary/aromatic N) is 4. The molecule has 0 saturated carbocycles. The van der Waals surface area contributed by atoms with Crippen LogP contribution in [0.5, 0.6) is 0 Å². The van der Waals surface area contributed by atoms with Gasteiger partial charge < -0.3 is 10.2 Å². The zero-order valence-electron chi connectivity index (χ0n) is 14.6. The van der Waals surface area contributed by atoms with Gasteiger partial charge in [0.15, 0.2) is 5.82 Å². The Balaban J connectivity index is 1.56. The van der Waals surface area contributed by atoms with Crippen molar-refractivity contribution >= 4 is 29.2 Å². The molecule has 0 radical (unpaired) electrons. The maximum atomic E-state index is 12.7. The van der Waals surface area contributed by atoms with Crippen LogP contribution in [0.25, 0.3) is 11.3 Å². The number of hydrogen-bond acceptors (Lipinski definition) is 4. The van der Waals surface area contributed by atoms with Crippen LogP contribution in [0.3, 0.4) is 0 Å². The highest BCUT2D eigenvalue weighted by molar-refractivity contribution is 6.33. The van der Waals surface area contributed by atoms with Crippen LogP contribution in [0.15, 0.2) is 36.5 Å². The largest absolute Gasteiger partial charge is 0.338 e. The van der Waals surface area contributed by atoms with Gasteiger partial charge in [0.2, 0.25) is 0 Å². The van der Waals surface area contributed by atoms with Crippen molar-refractivity contribution in [1.29, 1.82) is 0 Å². The molecule has 1 aromatic carbocycles. The second-order valence-corrected chi connectivity index (χ2v) is 6.68. The molecule has 0 unspecified atom stereocenters. The SMILES string of the molecule is Cn1ncc(C(=O)N2CCC2)c1C(=O)Nc1cc(-c2ccccc2Cl)[nH]n1. The molecule has 1 aliphatic heterocycles. The minimum Gasteiger partial charge on any atom is -0.338 e. The second-order valence-electron chi connectivity index (χ2n) is 6.28. The number of halogens is 1. The quantitative estimate of drug-likeness (QED) is 0.722. The third kappa shape index (κ3) is 3.19. The fourth-order valence-corrected chi connectivity index (χ4v) is 3.17. The monoisotopic (exact) mass is 384 g/mol. The smallest absolute Gasteiger partial charge is 0.275 e. The van der Waals surface area contributed by atoms with E-state index in [2.05, 4.69) is 20.6 Å². The number of aromatic amines is 1. The normalized spacial score (nSPS) is 13.3. The molecule has 0 atom stereocenters. The number of carbonyl (C=O) groups excluding carboxylic acids is 2. The minimum atomic E-state index is -0.448. The van der Waals surface area contributed by atoms with E-state index in [1.165, 1.54) is 10.9 Å². The summed E-state index contributed by atoms with van der Waals surface area (Å²) in [7, 11) is 1.63. The van der Waals surface area contributed by atoms with Gasteiger partial charge in [-0.1, -0.05) is 29.8 Å². The van der Waals surface area contributed by atoms with Gasteiger partial charge in [-0.3, -0.25) is 19.4 Å². The molecule has 27 heavy (non-hydrogen) atoms. The van der Waals surface area contributed by atoms with Crippen molar-refractivity contribution in [3.05, 3.63) is 52.8 Å². The molecule has 8 nitrogen and oxygen atoms in total. The molecule has 0 aliphatic carbocycles. The van der Waals surface area contributed by atoms with Gasteiger partial charge in [0, 0.05) is 36.8 Å². The Kier molecular flexibility index (Phi) is 4.41. The molecule has 3 aromatic rings. The second kappa shape index (κ2) is 6.88. The van der Waals surface area contributed by atoms with Crippen molar-refractivity contribution in [2.24, 2.45) is 7.05 Å². The van der Waals surface area contributed by atoms with Gasteiger partial charge in [-0.15, -0.1) is 0 Å². The first-order valence-electron chi connectivity index (χ1n) is 8.47. The van der Waals surface area contributed by atoms with Gasteiger partial charge in [0.25, 0.3) is 11.8 Å². The number of H-pyrrole nitrogens is 1. The first-order valence-corrected chi connectivity index (χ1v) is 8.85. The molecule has 1 aliphatic rings. The van der Waals surface area contributed by atoms with E-state index in [1.54, 1.807) is 24.1 Å². The number of anilines is 1. The van der Waals surface area contributed by atoms with E-state index >= 15 is 0 Å². The molecule has 1 fully saturated rings. The standard InChI is InChI=1S/C18H17ClN6O2/c1-24-16(12(10-20-24)18(27)25-7-4-8-25)17(26)21-15-9-14(22-23-15)11-5-2-3-6-13(11)19/h2-3,5-6,9-10H,4,7-8H2,1H3,(H2,21,22,23,26). The number of nitrogens with one attached hydrogen (secondary N) is 2. The van der Waals surface area contributed by atoms with Gasteiger partial charge >= 0.3 is 0 Å². The molecule has 2 N–H and O–H groups in total. The molecule has 2 amide bonds. The lowest BCUT2D eigenvalue weighted by atomic mass is 10.1. The molecule has 2 aromatic heterocycles. The number of rotatable bonds is 4. The van der Waals surface area contributed by atoms with Crippen molar-refractivity contribution in [2.75, 3.05) is 18.4 Å². The summed E-state index contributed by atoms with van der Waals surface area (Å²) >= 11 is 6.19. The lowest BCUT2D eigenvalue weighted by Gasteiger charge is -2.30. The predicted molar refractivity (Wildman–Crippen MR) is 101 cm³/mol. The highest BCUT2D eigenvalue weighted by Gasteiger charge is 2.28. The average molecular weight is 385 g/mol. The maximum absolute atomic E-state index is 12.7. The number of carbonyl (C=O) groups is 2. The zero-order chi connectivity index (χ0) is 19.0. The fourth-order valence-electron chi connectivity index (χ4n) is 2.93. The Hall–Kier alpha value is -3.13. The number of aryl methyl sites for hydroxylation is 1. The Morgan fingerprint density at radius 3 is 2.74 bits per heavy atom. The summed E-state index contributed by atoms with van der Waals surface area (Å²) in [5.74, 6) is -0.298. The minimum absolute atomic E-state index is 0.182. The van der Waals surface area contributed by atoms with Gasteiger partial charge in [-0.25, -0.2) is 0 Å². The van der Waals surface area contributed by atoms with Crippen molar-refractivity contribution in [2.45, 2.75) is 6.42 Å². The summed E-state index contributed by atoms with van der Waals surface area (Å²) in [5.41, 5.74) is 1.95. The van der Waals surface area contributed by atoms with E-state index in [0.29, 0.717) is 29.6 Å². The van der Waals surface area contributed by atoms with E-state index in [4.69, 9.17) is 11.6 Å². The summed E-state index contributed by atoms with van der Waals surface area (Å²) in [5, 5.41) is 14.3. The Labute approximate surface area is 160 Å². The maximum Gasteiger partial charge on any atom is 0.275 e. The van der Waals surface area contributed by atoms with Crippen LogP contribution in [0.2, 0.25) is 5.02 Å². The highest BCUT2D eigenvalue weighted by Crippen LogP contribution is 2.27. The molecular formula is C18H17ClN6O2. The van der Waals surface area contributed by atoms with Crippen molar-refractivity contribution < 1.29 is 9.59 Å². The summed E-state index contributed by atoms with van der Waals surface area (Å²) in [4.78, 5) is 26.9. The average Bonchev–Trinajstić information content (AvgIpc) is 3.20. The van der Waals surface area contributed by atoms with Gasteiger partial charge in [-0.05, 0) is 12.5 Å². The summed E-state index contributed by atoms with van der Waals surface area (Å²) in [6.45, 7) is 1.41. The molecule has 138 valence electrons. The predicted octanol–water partition coefficient (Wildman–Crippen LogP) is 2.56. The fraction of sp³-hybridized carbons (Fsp3) is 0.222. The number of aromatic nitrogens is 4. The molecule has 4 rings (SSSR count). The van der Waals surface area contributed by atoms with E-state index in [-0.39, 0.29) is 17.2 Å². The van der Waals surface area contributed by atoms with Crippen LogP contribution < -0.4 is 5.32 Å².